The van der Waals surface area contributed by atoms with Crippen LogP contribution in [0.1, 0.15) is 14.9 Å². The number of hydrogen-bond acceptors (Lipinski definition) is 6. The van der Waals surface area contributed by atoms with Crippen molar-refractivity contribution >= 4 is 64.7 Å². The van der Waals surface area contributed by atoms with Crippen LogP contribution in [0.15, 0.2) is 24.3 Å². The summed E-state index contributed by atoms with van der Waals surface area (Å²) in [6.07, 6.45) is 0. The fourth-order valence-electron chi connectivity index (χ4n) is 1.36. The molecule has 1 heterocycles. The van der Waals surface area contributed by atoms with Crippen molar-refractivity contribution < 1.29 is 21.8 Å². The highest BCUT2D eigenvalue weighted by Gasteiger charge is 2.05. The predicted molar refractivity (Wildman–Crippen MR) is 106 cm³/mol. The lowest BCUT2D eigenvalue weighted by molar-refractivity contribution is 0.510. The van der Waals surface area contributed by atoms with Crippen LogP contribution in [0, 0.1) is 23.3 Å². The zero-order valence-electron chi connectivity index (χ0n) is 11.9. The maximum atomic E-state index is 12.5. The van der Waals surface area contributed by atoms with Crippen molar-refractivity contribution in [1.29, 1.82) is 0 Å². The molecule has 0 amide bonds. The van der Waals surface area contributed by atoms with E-state index in [1.807, 2.05) is 0 Å². The SMILES string of the molecule is C.C.Fc1cc2nsnc2cc1F.Nc1cc(F)c(F)cc1N.O=S(Cl)Cl. The Morgan fingerprint density at radius 3 is 1.33 bits per heavy atom. The molecule has 0 unspecified atom stereocenters. The molecule has 0 aliphatic rings. The first-order valence-electron chi connectivity index (χ1n) is 5.93. The number of rotatable bonds is 0. The molecule has 0 bridgehead atoms. The van der Waals surface area contributed by atoms with Gasteiger partial charge in [0.25, 0.3) is 0 Å². The zero-order chi connectivity index (χ0) is 19.1. The maximum absolute atomic E-state index is 12.5. The average Bonchev–Trinajstić information content (AvgIpc) is 2.93. The van der Waals surface area contributed by atoms with Crippen molar-refractivity contribution in [2.45, 2.75) is 14.9 Å². The van der Waals surface area contributed by atoms with E-state index in [0.717, 1.165) is 36.0 Å². The molecule has 5 nitrogen and oxygen atoms in total. The quantitative estimate of drug-likeness (QED) is 0.262. The Morgan fingerprint density at radius 2 is 1.04 bits per heavy atom. The normalized spacial score (nSPS) is 9.30. The van der Waals surface area contributed by atoms with Crippen LogP contribution >= 0.6 is 33.1 Å². The van der Waals surface area contributed by atoms with E-state index in [-0.39, 0.29) is 26.2 Å². The van der Waals surface area contributed by atoms with Gasteiger partial charge in [0.15, 0.2) is 23.3 Å². The summed E-state index contributed by atoms with van der Waals surface area (Å²) in [6, 6.07) is 3.78. The van der Waals surface area contributed by atoms with Crippen molar-refractivity contribution in [1.82, 2.24) is 8.75 Å². The molecular weight excluding hydrogens is 451 g/mol. The fourth-order valence-corrected chi connectivity index (χ4v) is 1.87. The summed E-state index contributed by atoms with van der Waals surface area (Å²) < 4.78 is 66.0. The number of anilines is 2. The van der Waals surface area contributed by atoms with Crippen molar-refractivity contribution in [3.63, 3.8) is 0 Å². The lowest BCUT2D eigenvalue weighted by Crippen LogP contribution is -1.97. The molecule has 0 saturated heterocycles. The molecule has 0 saturated carbocycles. The van der Waals surface area contributed by atoms with E-state index in [0.29, 0.717) is 11.0 Å². The Labute approximate surface area is 169 Å². The standard InChI is InChI=1S/C6H2F2N2S.C6H6F2N2.2CH4.Cl2OS/c7-3-1-5-6(2-4(3)8)10-11-9-5;7-3-1-5(9)6(10)2-4(3)8;;;1-4(2)3/h1-2H;1-2H,9-10H2;2*1H4;. The van der Waals surface area contributed by atoms with Crippen LogP contribution in [0.4, 0.5) is 28.9 Å². The second kappa shape index (κ2) is 12.7. The molecule has 3 rings (SSSR count). The van der Waals surface area contributed by atoms with Crippen LogP contribution in [0.2, 0.25) is 0 Å². The Kier molecular flexibility index (Phi) is 12.9. The van der Waals surface area contributed by atoms with Crippen LogP contribution < -0.4 is 11.5 Å². The van der Waals surface area contributed by atoms with Crippen molar-refractivity contribution in [3.8, 4) is 0 Å². The Hall–Kier alpha value is -1.69. The van der Waals surface area contributed by atoms with E-state index in [4.69, 9.17) is 15.7 Å². The van der Waals surface area contributed by atoms with Gasteiger partial charge in [-0.25, -0.2) is 21.8 Å². The van der Waals surface area contributed by atoms with Crippen LogP contribution in [0.5, 0.6) is 0 Å². The Balaban J connectivity index is 0. The lowest BCUT2D eigenvalue weighted by Gasteiger charge is -1.98. The molecule has 13 heteroatoms. The number of nitrogen functional groups attached to an aromatic ring is 2. The zero-order valence-corrected chi connectivity index (χ0v) is 15.0. The molecule has 152 valence electrons. The van der Waals surface area contributed by atoms with Gasteiger partial charge in [-0.2, -0.15) is 8.75 Å². The smallest absolute Gasteiger partial charge is 0.211 e. The van der Waals surface area contributed by atoms with Crippen molar-refractivity contribution in [2.75, 3.05) is 11.5 Å². The van der Waals surface area contributed by atoms with Crippen LogP contribution in [-0.4, -0.2) is 13.0 Å². The van der Waals surface area contributed by atoms with Gasteiger partial charge in [-0.1, -0.05) is 14.9 Å². The predicted octanol–water partition coefficient (Wildman–Crippen LogP) is 5.41. The van der Waals surface area contributed by atoms with E-state index in [2.05, 4.69) is 30.1 Å². The number of nitrogens with zero attached hydrogens (tertiary/aromatic N) is 2. The fraction of sp³-hybridized carbons (Fsp3) is 0.143. The number of nitrogens with two attached hydrogens (primary N) is 2. The molecule has 0 aliphatic heterocycles. The molecule has 3 aromatic rings. The highest BCUT2D eigenvalue weighted by Crippen LogP contribution is 2.18. The summed E-state index contributed by atoms with van der Waals surface area (Å²) >= 11 is 0.937. The van der Waals surface area contributed by atoms with Gasteiger partial charge >= 0.3 is 0 Å². The van der Waals surface area contributed by atoms with Gasteiger partial charge in [-0.3, -0.25) is 0 Å². The molecule has 0 fully saturated rings. The molecule has 0 radical (unpaired) electrons. The number of benzene rings is 2. The van der Waals surface area contributed by atoms with E-state index in [1.54, 1.807) is 0 Å². The first-order chi connectivity index (χ1) is 11.6. The van der Waals surface area contributed by atoms with Gasteiger partial charge in [-0.05, 0) is 0 Å². The lowest BCUT2D eigenvalue weighted by atomic mass is 10.2. The Morgan fingerprint density at radius 1 is 0.778 bits per heavy atom. The second-order valence-electron chi connectivity index (χ2n) is 4.10. The third kappa shape index (κ3) is 9.18. The van der Waals surface area contributed by atoms with Crippen molar-refractivity contribution in [3.05, 3.63) is 47.5 Å². The van der Waals surface area contributed by atoms with Gasteiger partial charge < -0.3 is 11.5 Å². The highest BCUT2D eigenvalue weighted by atomic mass is 36.0. The van der Waals surface area contributed by atoms with Crippen molar-refractivity contribution in [2.24, 2.45) is 0 Å². The summed E-state index contributed by atoms with van der Waals surface area (Å²) in [5.41, 5.74) is 11.2. The number of aromatic nitrogens is 2. The Bertz CT molecular complexity index is 809. The molecule has 0 atom stereocenters. The summed E-state index contributed by atoms with van der Waals surface area (Å²) in [4.78, 5) is 0. The minimum Gasteiger partial charge on any atom is -0.397 e. The number of fused-ring (bicyclic) bond motifs is 1. The van der Waals surface area contributed by atoms with E-state index < -0.39 is 32.5 Å². The molecule has 27 heavy (non-hydrogen) atoms. The minimum absolute atomic E-state index is 0. The first kappa shape index (κ1) is 27.5. The number of halogens is 6. The summed E-state index contributed by atoms with van der Waals surface area (Å²) in [5, 5.41) is 0. The van der Waals surface area contributed by atoms with Gasteiger partial charge in [0.2, 0.25) is 9.23 Å². The van der Waals surface area contributed by atoms with Crippen LogP contribution in [0.25, 0.3) is 11.0 Å². The molecule has 0 aliphatic carbocycles. The minimum atomic E-state index is -1.67. The van der Waals surface area contributed by atoms with Gasteiger partial charge in [0.1, 0.15) is 11.0 Å². The second-order valence-corrected chi connectivity index (χ2v) is 7.15. The van der Waals surface area contributed by atoms with E-state index >= 15 is 0 Å². The van der Waals surface area contributed by atoms with Crippen LogP contribution in [0.3, 0.4) is 0 Å². The van der Waals surface area contributed by atoms with Gasteiger partial charge in [0, 0.05) is 45.6 Å². The highest BCUT2D eigenvalue weighted by molar-refractivity contribution is 8.26. The topological polar surface area (TPSA) is 94.9 Å². The molecule has 4 N–H and O–H groups in total. The third-order valence-electron chi connectivity index (χ3n) is 2.42. The summed E-state index contributed by atoms with van der Waals surface area (Å²) in [7, 11) is 7.36. The van der Waals surface area contributed by atoms with E-state index in [9.17, 15) is 17.6 Å². The summed E-state index contributed by atoms with van der Waals surface area (Å²) in [6.45, 7) is 0. The van der Waals surface area contributed by atoms with Crippen LogP contribution in [-0.2, 0) is 9.23 Å². The monoisotopic (exact) mass is 466 g/mol. The van der Waals surface area contributed by atoms with Gasteiger partial charge in [-0.15, -0.1) is 0 Å². The maximum Gasteiger partial charge on any atom is 0.211 e. The number of hydrogen-bond donors (Lipinski definition) is 2. The molecule has 1 aromatic heterocycles. The van der Waals surface area contributed by atoms with E-state index in [1.165, 1.54) is 0 Å². The third-order valence-corrected chi connectivity index (χ3v) is 2.98. The first-order valence-corrected chi connectivity index (χ1v) is 9.46. The largest absolute Gasteiger partial charge is 0.397 e. The molecule has 0 spiro atoms. The van der Waals surface area contributed by atoms with Gasteiger partial charge in [0.05, 0.1) is 23.1 Å². The molecular formula is C14H16Cl2F4N4OS2. The summed E-state index contributed by atoms with van der Waals surface area (Å²) in [5.74, 6) is -3.73. The average molecular weight is 467 g/mol. The molecule has 2 aromatic carbocycles.